The highest BCUT2D eigenvalue weighted by Crippen LogP contribution is 2.27. The van der Waals surface area contributed by atoms with Crippen LogP contribution in [0.2, 0.25) is 0 Å². The highest BCUT2D eigenvalue weighted by molar-refractivity contribution is 7.98. The molecule has 0 amide bonds. The van der Waals surface area contributed by atoms with E-state index in [9.17, 15) is 18.9 Å². The third-order valence-electron chi connectivity index (χ3n) is 4.26. The smallest absolute Gasteiger partial charge is 0.269 e. The Hall–Kier alpha value is -3.40. The molecule has 0 aliphatic rings. The van der Waals surface area contributed by atoms with Crippen molar-refractivity contribution in [3.05, 3.63) is 88.0 Å². The molecule has 2 aromatic carbocycles. The number of fused-ring (bicyclic) bond motifs is 1. The molecule has 2 heterocycles. The molecule has 0 saturated carbocycles. The summed E-state index contributed by atoms with van der Waals surface area (Å²) in [5.74, 6) is -1.26. The van der Waals surface area contributed by atoms with E-state index in [2.05, 4.69) is 15.0 Å². The first kappa shape index (κ1) is 18.9. The van der Waals surface area contributed by atoms with E-state index >= 15 is 0 Å². The summed E-state index contributed by atoms with van der Waals surface area (Å²) in [5, 5.41) is 11.4. The Morgan fingerprint density at radius 1 is 1.07 bits per heavy atom. The van der Waals surface area contributed by atoms with Gasteiger partial charge in [0, 0.05) is 23.4 Å². The minimum Gasteiger partial charge on any atom is -0.311 e. The number of hydrogen-bond donors (Lipinski definition) is 0. The first-order chi connectivity index (χ1) is 14.0. The van der Waals surface area contributed by atoms with Crippen LogP contribution in [-0.4, -0.2) is 24.4 Å². The highest BCUT2D eigenvalue weighted by atomic mass is 32.2. The Labute approximate surface area is 167 Å². The quantitative estimate of drug-likeness (QED) is 0.202. The number of nitro groups is 1. The van der Waals surface area contributed by atoms with Crippen molar-refractivity contribution < 1.29 is 13.7 Å². The lowest BCUT2D eigenvalue weighted by molar-refractivity contribution is -0.384. The second-order valence-electron chi connectivity index (χ2n) is 6.15. The maximum Gasteiger partial charge on any atom is 0.269 e. The van der Waals surface area contributed by atoms with Crippen molar-refractivity contribution >= 4 is 28.6 Å². The Morgan fingerprint density at radius 2 is 1.86 bits per heavy atom. The SMILES string of the molecule is O=[N+]([O-])c1ccc(CSc2ncnc3c2ncn3Cc2cccc(F)c2F)cc1. The molecule has 0 aliphatic carbocycles. The number of nitro benzene ring substituents is 1. The summed E-state index contributed by atoms with van der Waals surface area (Å²) in [6, 6.07) is 10.3. The van der Waals surface area contributed by atoms with Gasteiger partial charge >= 0.3 is 0 Å². The zero-order valence-electron chi connectivity index (χ0n) is 14.8. The molecule has 0 saturated heterocycles. The Kier molecular flexibility index (Phi) is 5.17. The van der Waals surface area contributed by atoms with Gasteiger partial charge in [-0.2, -0.15) is 0 Å². The zero-order chi connectivity index (χ0) is 20.4. The normalized spacial score (nSPS) is 11.1. The average Bonchev–Trinajstić information content (AvgIpc) is 3.13. The van der Waals surface area contributed by atoms with E-state index in [1.807, 2.05) is 0 Å². The first-order valence-corrected chi connectivity index (χ1v) is 9.46. The molecule has 29 heavy (non-hydrogen) atoms. The molecule has 0 aliphatic heterocycles. The second kappa shape index (κ2) is 7.92. The zero-order valence-corrected chi connectivity index (χ0v) is 15.6. The number of rotatable bonds is 6. The predicted molar refractivity (Wildman–Crippen MR) is 103 cm³/mol. The van der Waals surface area contributed by atoms with Gasteiger partial charge < -0.3 is 4.57 Å². The van der Waals surface area contributed by atoms with Crippen LogP contribution in [0.25, 0.3) is 11.2 Å². The summed E-state index contributed by atoms with van der Waals surface area (Å²) in [6.45, 7) is 0.0869. The molecule has 0 fully saturated rings. The van der Waals surface area contributed by atoms with Gasteiger partial charge in [-0.25, -0.2) is 23.7 Å². The van der Waals surface area contributed by atoms with Crippen molar-refractivity contribution in [2.75, 3.05) is 0 Å². The maximum atomic E-state index is 14.0. The van der Waals surface area contributed by atoms with Gasteiger partial charge in [-0.1, -0.05) is 36.0 Å². The Balaban J connectivity index is 1.55. The molecule has 2 aromatic heterocycles. The van der Waals surface area contributed by atoms with Crippen molar-refractivity contribution in [3.63, 3.8) is 0 Å². The van der Waals surface area contributed by atoms with Gasteiger partial charge in [-0.15, -0.1) is 0 Å². The molecule has 0 unspecified atom stereocenters. The number of thioether (sulfide) groups is 1. The number of halogens is 2. The van der Waals surface area contributed by atoms with Crippen LogP contribution in [-0.2, 0) is 12.3 Å². The van der Waals surface area contributed by atoms with Crippen molar-refractivity contribution in [1.29, 1.82) is 0 Å². The van der Waals surface area contributed by atoms with Crippen LogP contribution in [0.1, 0.15) is 11.1 Å². The molecule has 0 N–H and O–H groups in total. The number of benzene rings is 2. The van der Waals surface area contributed by atoms with Crippen molar-refractivity contribution in [2.45, 2.75) is 17.3 Å². The molecule has 0 bridgehead atoms. The van der Waals surface area contributed by atoms with Crippen LogP contribution in [0, 0.1) is 21.7 Å². The number of imidazole rings is 1. The van der Waals surface area contributed by atoms with E-state index < -0.39 is 16.6 Å². The van der Waals surface area contributed by atoms with Gasteiger partial charge in [0.25, 0.3) is 5.69 Å². The van der Waals surface area contributed by atoms with Crippen LogP contribution >= 0.6 is 11.8 Å². The molecule has 0 radical (unpaired) electrons. The molecule has 4 aromatic rings. The molecular weight excluding hydrogens is 400 g/mol. The minimum atomic E-state index is -0.902. The maximum absolute atomic E-state index is 14.0. The molecule has 7 nitrogen and oxygen atoms in total. The highest BCUT2D eigenvalue weighted by Gasteiger charge is 2.14. The van der Waals surface area contributed by atoms with Gasteiger partial charge in [-0.3, -0.25) is 10.1 Å². The largest absolute Gasteiger partial charge is 0.311 e. The fraction of sp³-hybridized carbons (Fsp3) is 0.105. The standard InChI is InChI=1S/C19H13F2N5O2S/c20-15-3-1-2-13(16(15)21)8-25-11-24-17-18(25)22-10-23-19(17)29-9-12-4-6-14(7-5-12)26(27)28/h1-7,10-11H,8-9H2. The lowest BCUT2D eigenvalue weighted by atomic mass is 10.2. The molecule has 4 rings (SSSR count). The predicted octanol–water partition coefficient (Wildman–Crippen LogP) is 4.35. The van der Waals surface area contributed by atoms with Crippen LogP contribution < -0.4 is 0 Å². The van der Waals surface area contributed by atoms with E-state index in [1.165, 1.54) is 48.7 Å². The third-order valence-corrected chi connectivity index (χ3v) is 5.31. The van der Waals surface area contributed by atoms with Gasteiger partial charge in [-0.05, 0) is 11.6 Å². The number of aromatic nitrogens is 4. The van der Waals surface area contributed by atoms with Gasteiger partial charge in [0.15, 0.2) is 17.3 Å². The third kappa shape index (κ3) is 3.92. The van der Waals surface area contributed by atoms with E-state index in [0.29, 0.717) is 21.9 Å². The Morgan fingerprint density at radius 3 is 2.62 bits per heavy atom. The van der Waals surface area contributed by atoms with Crippen LogP contribution in [0.3, 0.4) is 0 Å². The van der Waals surface area contributed by atoms with Gasteiger partial charge in [0.2, 0.25) is 0 Å². The van der Waals surface area contributed by atoms with Gasteiger partial charge in [0.1, 0.15) is 16.9 Å². The fourth-order valence-electron chi connectivity index (χ4n) is 2.80. The van der Waals surface area contributed by atoms with E-state index in [4.69, 9.17) is 0 Å². The van der Waals surface area contributed by atoms with Crippen LogP contribution in [0.4, 0.5) is 14.5 Å². The molecular formula is C19H13F2N5O2S. The van der Waals surface area contributed by atoms with Crippen molar-refractivity contribution in [2.24, 2.45) is 0 Å². The molecule has 0 spiro atoms. The van der Waals surface area contributed by atoms with E-state index in [-0.39, 0.29) is 17.8 Å². The summed E-state index contributed by atoms with van der Waals surface area (Å²) in [4.78, 5) is 23.1. The summed E-state index contributed by atoms with van der Waals surface area (Å²) in [6.07, 6.45) is 2.90. The van der Waals surface area contributed by atoms with E-state index in [0.717, 1.165) is 11.6 Å². The summed E-state index contributed by atoms with van der Waals surface area (Å²) in [5.41, 5.74) is 2.19. The lowest BCUT2D eigenvalue weighted by Gasteiger charge is -2.06. The van der Waals surface area contributed by atoms with Gasteiger partial charge in [0.05, 0.1) is 17.8 Å². The number of hydrogen-bond acceptors (Lipinski definition) is 6. The topological polar surface area (TPSA) is 86.7 Å². The van der Waals surface area contributed by atoms with Crippen molar-refractivity contribution in [1.82, 2.24) is 19.5 Å². The number of non-ortho nitro benzene ring substituents is 1. The minimum absolute atomic E-state index is 0.0338. The van der Waals surface area contributed by atoms with Crippen LogP contribution in [0.15, 0.2) is 60.1 Å². The molecule has 10 heteroatoms. The fourth-order valence-corrected chi connectivity index (χ4v) is 3.70. The van der Waals surface area contributed by atoms with Crippen molar-refractivity contribution in [3.8, 4) is 0 Å². The molecule has 146 valence electrons. The van der Waals surface area contributed by atoms with Crippen LogP contribution in [0.5, 0.6) is 0 Å². The number of nitrogens with zero attached hydrogens (tertiary/aromatic N) is 5. The molecule has 0 atom stereocenters. The summed E-state index contributed by atoms with van der Waals surface area (Å²) < 4.78 is 29.1. The summed E-state index contributed by atoms with van der Waals surface area (Å²) >= 11 is 1.41. The van der Waals surface area contributed by atoms with E-state index in [1.54, 1.807) is 16.7 Å². The Bertz CT molecular complexity index is 1200. The lowest BCUT2D eigenvalue weighted by Crippen LogP contribution is -2.03. The average molecular weight is 413 g/mol. The second-order valence-corrected chi connectivity index (χ2v) is 7.11. The first-order valence-electron chi connectivity index (χ1n) is 8.48. The monoisotopic (exact) mass is 413 g/mol. The summed E-state index contributed by atoms with van der Waals surface area (Å²) in [7, 11) is 0.